The van der Waals surface area contributed by atoms with Crippen LogP contribution in [0, 0.1) is 0 Å². The van der Waals surface area contributed by atoms with Crippen LogP contribution < -0.4 is 71.2 Å². The van der Waals surface area contributed by atoms with Crippen molar-refractivity contribution in [1.29, 1.82) is 0 Å². The number of benzene rings is 3. The topological polar surface area (TPSA) is 455 Å². The second-order valence-electron chi connectivity index (χ2n) is 18.7. The van der Waals surface area contributed by atoms with Crippen LogP contribution in [0.3, 0.4) is 0 Å². The molecule has 3 aromatic carbocycles. The van der Waals surface area contributed by atoms with Crippen molar-refractivity contribution in [1.82, 2.24) is 36.8 Å². The average Bonchev–Trinajstić information content (AvgIpc) is 3.99. The first kappa shape index (κ1) is 61.7. The molecule has 2 aliphatic heterocycles. The zero-order chi connectivity index (χ0) is 57.9. The SMILES string of the molecule is C[C@@H]1C(=O)NC(CCC(N)=O)C(=O)N[C@@H](CC(N)=O)C(=O)N[C@H](C(=O)N2CCC[C@H]2C(=O)N[C@@H](CCCN=C(N)N)C(=O)NCC(N)=O)CSSC[C@H](N)C(=O)N[C@@H](Cc2ccc(O)cc2)C(=O)N1c1cccc2ccccc12. The van der Waals surface area contributed by atoms with Crippen molar-refractivity contribution in [3.63, 3.8) is 0 Å². The number of phenolic OH excluding ortho intramolecular Hbond substituents is 1. The maximum atomic E-state index is 15.3. The van der Waals surface area contributed by atoms with E-state index in [1.54, 1.807) is 54.6 Å². The summed E-state index contributed by atoms with van der Waals surface area (Å²) < 4.78 is 0. The highest BCUT2D eigenvalue weighted by Gasteiger charge is 2.41. The molecule has 19 N–H and O–H groups in total. The van der Waals surface area contributed by atoms with Gasteiger partial charge in [0.25, 0.3) is 5.91 Å². The Kier molecular flexibility index (Phi) is 23.1. The van der Waals surface area contributed by atoms with E-state index < -0.39 is 139 Å². The number of nitrogens with zero attached hydrogens (tertiary/aromatic N) is 3. The van der Waals surface area contributed by atoms with E-state index in [4.69, 9.17) is 34.4 Å². The first-order valence-electron chi connectivity index (χ1n) is 25.1. The molecule has 0 radical (unpaired) electrons. The molecule has 2 heterocycles. The molecule has 426 valence electrons. The van der Waals surface area contributed by atoms with Gasteiger partial charge in [-0.25, -0.2) is 0 Å². The van der Waals surface area contributed by atoms with Gasteiger partial charge < -0.3 is 76.3 Å². The largest absolute Gasteiger partial charge is 0.508 e. The number of aromatic hydroxyl groups is 1. The number of hydrogen-bond acceptors (Lipinski definition) is 16. The molecule has 5 rings (SSSR count). The van der Waals surface area contributed by atoms with Gasteiger partial charge in [-0.3, -0.25) is 62.6 Å². The lowest BCUT2D eigenvalue weighted by Crippen LogP contribution is -2.61. The fourth-order valence-electron chi connectivity index (χ4n) is 8.70. The molecule has 2 fully saturated rings. The number of rotatable bonds is 18. The summed E-state index contributed by atoms with van der Waals surface area (Å²) in [5, 5.41) is 26.5. The number of primary amides is 3. The van der Waals surface area contributed by atoms with Crippen molar-refractivity contribution in [2.75, 3.05) is 36.0 Å². The third-order valence-electron chi connectivity index (χ3n) is 12.7. The normalized spacial score (nSPS) is 22.3. The van der Waals surface area contributed by atoms with E-state index in [1.807, 2.05) is 0 Å². The number of carbonyl (C=O) groups excluding carboxylic acids is 11. The third-order valence-corrected chi connectivity index (χ3v) is 15.2. The maximum absolute atomic E-state index is 15.3. The van der Waals surface area contributed by atoms with Crippen molar-refractivity contribution in [2.24, 2.45) is 39.4 Å². The standard InChI is InChI=1S/C50H67N15O12S2/c1-26-42(70)59-33(17-18-39(52)67)45(73)61-34(22-40(53)68)46(74)63-36(48(76)64-20-6-12-38(64)47(75)60-32(10-5-19-57-50(55)56)44(72)58-23-41(54)69)25-79-78-24-31(51)43(71)62-35(21-27-13-15-29(66)16-14-27)49(77)65(26)37-11-4-8-28-7-2-3-9-30(28)37/h2-4,7-9,11,13-16,26,31-36,38,66H,5-6,10,12,17-25,51H2,1H3,(H2,52,67)(H2,53,68)(H2,54,69)(H,58,72)(H,59,70)(H,60,75)(H,61,73)(H,62,71)(H,63,74)(H4,55,56,57)/t26-,31+,32+,33?,34+,35+,36+,38+/m1/s1. The number of aliphatic imine (C=N–C) groups is 1. The van der Waals surface area contributed by atoms with Crippen LogP contribution in [0.15, 0.2) is 71.7 Å². The van der Waals surface area contributed by atoms with Crippen LogP contribution in [0.2, 0.25) is 0 Å². The molecule has 3 aromatic rings. The van der Waals surface area contributed by atoms with Crippen LogP contribution in [0.4, 0.5) is 5.69 Å². The summed E-state index contributed by atoms with van der Waals surface area (Å²) in [5.74, 6) is -10.5. The summed E-state index contributed by atoms with van der Waals surface area (Å²) in [7, 11) is 2.00. The summed E-state index contributed by atoms with van der Waals surface area (Å²) in [6.45, 7) is 0.921. The van der Waals surface area contributed by atoms with Crippen LogP contribution in [-0.4, -0.2) is 160 Å². The minimum absolute atomic E-state index is 0.00150. The molecule has 8 atom stereocenters. The quantitative estimate of drug-likeness (QED) is 0.0254. The predicted molar refractivity (Wildman–Crippen MR) is 294 cm³/mol. The van der Waals surface area contributed by atoms with E-state index in [9.17, 15) is 53.1 Å². The highest BCUT2D eigenvalue weighted by atomic mass is 33.1. The first-order valence-corrected chi connectivity index (χ1v) is 27.6. The van der Waals surface area contributed by atoms with Crippen molar-refractivity contribution >= 4 is 109 Å². The van der Waals surface area contributed by atoms with Crippen molar-refractivity contribution in [3.05, 3.63) is 72.3 Å². The first-order chi connectivity index (χ1) is 37.5. The van der Waals surface area contributed by atoms with Gasteiger partial charge in [-0.2, -0.15) is 0 Å². The molecule has 0 saturated carbocycles. The summed E-state index contributed by atoms with van der Waals surface area (Å²) in [5.41, 5.74) is 34.3. The maximum Gasteiger partial charge on any atom is 0.250 e. The predicted octanol–water partition coefficient (Wildman–Crippen LogP) is -3.56. The summed E-state index contributed by atoms with van der Waals surface area (Å²) >= 11 is 0. The van der Waals surface area contributed by atoms with Gasteiger partial charge in [0.15, 0.2) is 5.96 Å². The van der Waals surface area contributed by atoms with Crippen molar-refractivity contribution in [2.45, 2.75) is 107 Å². The Labute approximate surface area is 462 Å². The lowest BCUT2D eigenvalue weighted by molar-refractivity contribution is -0.142. The number of nitrogens with one attached hydrogen (secondary N) is 6. The molecule has 79 heavy (non-hydrogen) atoms. The molecule has 29 heteroatoms. The minimum Gasteiger partial charge on any atom is -0.508 e. The van der Waals surface area contributed by atoms with E-state index >= 15 is 4.79 Å². The number of phenols is 1. The number of guanidine groups is 1. The van der Waals surface area contributed by atoms with Crippen molar-refractivity contribution < 1.29 is 57.8 Å². The molecular formula is C50H67N15O12S2. The number of nitrogens with two attached hydrogens (primary N) is 6. The smallest absolute Gasteiger partial charge is 0.250 e. The van der Waals surface area contributed by atoms with Gasteiger partial charge in [-0.15, -0.1) is 0 Å². The molecular weight excluding hydrogens is 1070 g/mol. The number of likely N-dealkylation sites (tertiary alicyclic amines) is 1. The number of amides is 11. The molecule has 0 bridgehead atoms. The lowest BCUT2D eigenvalue weighted by atomic mass is 10.0. The molecule has 2 saturated heterocycles. The zero-order valence-electron chi connectivity index (χ0n) is 43.2. The number of anilines is 1. The average molecular weight is 1130 g/mol. The Bertz CT molecular complexity index is 2780. The van der Waals surface area contributed by atoms with Gasteiger partial charge in [0.2, 0.25) is 59.1 Å². The Hall–Kier alpha value is -8.18. The van der Waals surface area contributed by atoms with Gasteiger partial charge in [-0.05, 0) is 68.2 Å². The van der Waals surface area contributed by atoms with E-state index in [0.717, 1.165) is 26.5 Å². The van der Waals surface area contributed by atoms with Gasteiger partial charge in [0, 0.05) is 42.8 Å². The molecule has 0 spiro atoms. The molecule has 0 aromatic heterocycles. The van der Waals surface area contributed by atoms with Crippen LogP contribution in [0.25, 0.3) is 10.8 Å². The van der Waals surface area contributed by atoms with Gasteiger partial charge in [-0.1, -0.05) is 70.1 Å². The number of hydrogen-bond donors (Lipinski definition) is 13. The third kappa shape index (κ3) is 18.2. The molecule has 1 unspecified atom stereocenters. The van der Waals surface area contributed by atoms with Gasteiger partial charge in [0.1, 0.15) is 48.0 Å². The zero-order valence-corrected chi connectivity index (χ0v) is 44.9. The number of carbonyl (C=O) groups is 11. The van der Waals surface area contributed by atoms with E-state index in [2.05, 4.69) is 36.9 Å². The van der Waals surface area contributed by atoms with Crippen molar-refractivity contribution in [3.8, 4) is 5.75 Å². The molecule has 0 aliphatic carbocycles. The number of fused-ring (bicyclic) bond motifs is 1. The van der Waals surface area contributed by atoms with E-state index in [-0.39, 0.29) is 67.7 Å². The van der Waals surface area contributed by atoms with E-state index in [1.165, 1.54) is 24.0 Å². The van der Waals surface area contributed by atoms with Crippen LogP contribution in [0.1, 0.15) is 57.4 Å². The van der Waals surface area contributed by atoms with Gasteiger partial charge >= 0.3 is 0 Å². The highest BCUT2D eigenvalue weighted by molar-refractivity contribution is 8.76. The van der Waals surface area contributed by atoms with Gasteiger partial charge in [0.05, 0.1) is 24.7 Å². The van der Waals surface area contributed by atoms with Crippen LogP contribution >= 0.6 is 21.6 Å². The summed E-state index contributed by atoms with van der Waals surface area (Å²) in [6, 6.07) is 6.27. The van der Waals surface area contributed by atoms with Crippen LogP contribution in [0.5, 0.6) is 5.75 Å². The second-order valence-corrected chi connectivity index (χ2v) is 21.3. The Morgan fingerprint density at radius 2 is 1.43 bits per heavy atom. The Morgan fingerprint density at radius 1 is 0.772 bits per heavy atom. The summed E-state index contributed by atoms with van der Waals surface area (Å²) in [4.78, 5) is 157. The monoisotopic (exact) mass is 1130 g/mol. The molecule has 11 amide bonds. The fourth-order valence-corrected chi connectivity index (χ4v) is 11.0. The molecule has 2 aliphatic rings. The highest BCUT2D eigenvalue weighted by Crippen LogP contribution is 2.31. The Balaban J connectivity index is 1.52. The summed E-state index contributed by atoms with van der Waals surface area (Å²) in [6.07, 6.45) is -1.30. The minimum atomic E-state index is -1.81. The molecule has 27 nitrogen and oxygen atoms in total. The van der Waals surface area contributed by atoms with E-state index in [0.29, 0.717) is 22.8 Å². The lowest BCUT2D eigenvalue weighted by Gasteiger charge is -2.34. The van der Waals surface area contributed by atoms with Crippen LogP contribution in [-0.2, 0) is 59.2 Å². The second kappa shape index (κ2) is 29.5. The Morgan fingerprint density at radius 3 is 2.11 bits per heavy atom. The fraction of sp³-hybridized carbons (Fsp3) is 0.440.